The number of benzene rings is 1. The van der Waals surface area contributed by atoms with Crippen LogP contribution in [0.4, 0.5) is 0 Å². The van der Waals surface area contributed by atoms with E-state index in [0.717, 1.165) is 36.2 Å². The van der Waals surface area contributed by atoms with Crippen molar-refractivity contribution in [2.75, 3.05) is 33.3 Å². The summed E-state index contributed by atoms with van der Waals surface area (Å²) in [5.41, 5.74) is 0.941. The Bertz CT molecular complexity index is 494. The van der Waals surface area contributed by atoms with Crippen molar-refractivity contribution >= 4 is 15.9 Å². The standard InChI is InChI=1S/C16H25BrN2O2/c1-16(2,3)15(19-7-5-18-6-8-19)12-9-11(17)10-13(21-4)14(12)20/h9-10,15,18,20H,5-8H2,1-4H3/t15-/m0/s1. The third-order valence-corrected chi connectivity index (χ3v) is 4.38. The highest BCUT2D eigenvalue weighted by atomic mass is 79.9. The summed E-state index contributed by atoms with van der Waals surface area (Å²) in [5, 5.41) is 14.0. The number of rotatable bonds is 3. The summed E-state index contributed by atoms with van der Waals surface area (Å²) >= 11 is 3.53. The molecule has 1 saturated heterocycles. The van der Waals surface area contributed by atoms with Crippen LogP contribution in [0.5, 0.6) is 11.5 Å². The van der Waals surface area contributed by atoms with Crippen LogP contribution in [0.25, 0.3) is 0 Å². The van der Waals surface area contributed by atoms with Gasteiger partial charge in [-0.3, -0.25) is 4.90 Å². The molecule has 1 aliphatic heterocycles. The molecule has 0 bridgehead atoms. The van der Waals surface area contributed by atoms with Crippen LogP contribution in [0.15, 0.2) is 16.6 Å². The Kier molecular flexibility index (Phi) is 5.17. The Hall–Kier alpha value is -0.780. The Balaban J connectivity index is 2.48. The van der Waals surface area contributed by atoms with E-state index in [9.17, 15) is 5.11 Å². The molecule has 0 radical (unpaired) electrons. The van der Waals surface area contributed by atoms with Gasteiger partial charge >= 0.3 is 0 Å². The highest BCUT2D eigenvalue weighted by molar-refractivity contribution is 9.10. The number of piperazine rings is 1. The van der Waals surface area contributed by atoms with Crippen LogP contribution in [0, 0.1) is 5.41 Å². The smallest absolute Gasteiger partial charge is 0.162 e. The lowest BCUT2D eigenvalue weighted by Crippen LogP contribution is -2.48. The zero-order valence-electron chi connectivity index (χ0n) is 13.2. The first-order valence-corrected chi connectivity index (χ1v) is 8.15. The maximum absolute atomic E-state index is 10.6. The summed E-state index contributed by atoms with van der Waals surface area (Å²) in [6.45, 7) is 10.6. The summed E-state index contributed by atoms with van der Waals surface area (Å²) in [7, 11) is 1.59. The van der Waals surface area contributed by atoms with Crippen molar-refractivity contribution in [1.29, 1.82) is 0 Å². The Morgan fingerprint density at radius 2 is 1.90 bits per heavy atom. The molecule has 0 saturated carbocycles. The molecule has 118 valence electrons. The second-order valence-corrected chi connectivity index (χ2v) is 7.52. The molecule has 1 fully saturated rings. The van der Waals surface area contributed by atoms with Gasteiger partial charge in [0.05, 0.1) is 7.11 Å². The number of aromatic hydroxyl groups is 1. The molecular formula is C16H25BrN2O2. The van der Waals surface area contributed by atoms with Crippen molar-refractivity contribution in [3.8, 4) is 11.5 Å². The lowest BCUT2D eigenvalue weighted by molar-refractivity contribution is 0.0839. The average molecular weight is 357 g/mol. The second kappa shape index (κ2) is 6.55. The minimum absolute atomic E-state index is 0.0145. The molecule has 1 aromatic rings. The topological polar surface area (TPSA) is 44.7 Å². The Labute approximate surface area is 135 Å². The van der Waals surface area contributed by atoms with Gasteiger partial charge in [-0.1, -0.05) is 36.7 Å². The van der Waals surface area contributed by atoms with E-state index in [2.05, 4.69) is 46.9 Å². The van der Waals surface area contributed by atoms with Gasteiger partial charge in [-0.15, -0.1) is 0 Å². The van der Waals surface area contributed by atoms with Crippen LogP contribution in [0.2, 0.25) is 0 Å². The molecule has 1 aromatic carbocycles. The van der Waals surface area contributed by atoms with Gasteiger partial charge in [-0.25, -0.2) is 0 Å². The molecular weight excluding hydrogens is 332 g/mol. The van der Waals surface area contributed by atoms with E-state index in [0.29, 0.717) is 5.75 Å². The predicted molar refractivity (Wildman–Crippen MR) is 89.0 cm³/mol. The van der Waals surface area contributed by atoms with Gasteiger partial charge < -0.3 is 15.2 Å². The van der Waals surface area contributed by atoms with Crippen LogP contribution in [0.1, 0.15) is 32.4 Å². The molecule has 2 rings (SSSR count). The number of methoxy groups -OCH3 is 1. The zero-order valence-corrected chi connectivity index (χ0v) is 14.8. The third-order valence-electron chi connectivity index (χ3n) is 3.92. The summed E-state index contributed by atoms with van der Waals surface area (Å²) in [5.74, 6) is 0.767. The second-order valence-electron chi connectivity index (χ2n) is 6.60. The van der Waals surface area contributed by atoms with E-state index < -0.39 is 0 Å². The van der Waals surface area contributed by atoms with Crippen LogP contribution in [-0.4, -0.2) is 43.3 Å². The van der Waals surface area contributed by atoms with Crippen LogP contribution >= 0.6 is 15.9 Å². The molecule has 1 heterocycles. The lowest BCUT2D eigenvalue weighted by atomic mass is 9.80. The number of ether oxygens (including phenoxy) is 1. The van der Waals surface area contributed by atoms with Crippen LogP contribution in [-0.2, 0) is 0 Å². The highest BCUT2D eigenvalue weighted by Crippen LogP contribution is 2.46. The van der Waals surface area contributed by atoms with E-state index in [1.54, 1.807) is 13.2 Å². The molecule has 0 amide bonds. The van der Waals surface area contributed by atoms with E-state index in [-0.39, 0.29) is 17.2 Å². The Morgan fingerprint density at radius 1 is 1.29 bits per heavy atom. The highest BCUT2D eigenvalue weighted by Gasteiger charge is 2.35. The summed E-state index contributed by atoms with van der Waals surface area (Å²) in [6, 6.07) is 3.96. The summed E-state index contributed by atoms with van der Waals surface area (Å²) in [4.78, 5) is 2.44. The van der Waals surface area contributed by atoms with Crippen LogP contribution < -0.4 is 10.1 Å². The van der Waals surface area contributed by atoms with Gasteiger partial charge in [-0.2, -0.15) is 0 Å². The van der Waals surface area contributed by atoms with E-state index in [1.165, 1.54) is 0 Å². The molecule has 1 aliphatic rings. The normalized spacial score (nSPS) is 18.5. The first kappa shape index (κ1) is 16.6. The minimum Gasteiger partial charge on any atom is -0.504 e. The summed E-state index contributed by atoms with van der Waals surface area (Å²) < 4.78 is 6.23. The van der Waals surface area contributed by atoms with Crippen LogP contribution in [0.3, 0.4) is 0 Å². The van der Waals surface area contributed by atoms with Crippen molar-refractivity contribution in [3.63, 3.8) is 0 Å². The number of halogens is 1. The van der Waals surface area contributed by atoms with E-state index in [1.807, 2.05) is 6.07 Å². The van der Waals surface area contributed by atoms with E-state index in [4.69, 9.17) is 4.74 Å². The van der Waals surface area contributed by atoms with Crippen molar-refractivity contribution in [1.82, 2.24) is 10.2 Å². The van der Waals surface area contributed by atoms with Gasteiger partial charge in [0.2, 0.25) is 0 Å². The number of nitrogens with one attached hydrogen (secondary N) is 1. The maximum Gasteiger partial charge on any atom is 0.162 e. The minimum atomic E-state index is 0.0145. The Morgan fingerprint density at radius 3 is 2.43 bits per heavy atom. The fourth-order valence-corrected chi connectivity index (χ4v) is 3.56. The molecule has 1 atom stereocenters. The molecule has 0 spiro atoms. The van der Waals surface area contributed by atoms with Crippen molar-refractivity contribution in [2.24, 2.45) is 5.41 Å². The molecule has 0 aromatic heterocycles. The summed E-state index contributed by atoms with van der Waals surface area (Å²) in [6.07, 6.45) is 0. The third kappa shape index (κ3) is 3.71. The molecule has 4 nitrogen and oxygen atoms in total. The fourth-order valence-electron chi connectivity index (χ4n) is 3.11. The lowest BCUT2D eigenvalue weighted by Gasteiger charge is -2.43. The molecule has 21 heavy (non-hydrogen) atoms. The number of phenols is 1. The van der Waals surface area contributed by atoms with Gasteiger partial charge in [0.15, 0.2) is 11.5 Å². The van der Waals surface area contributed by atoms with Crippen molar-refractivity contribution in [2.45, 2.75) is 26.8 Å². The first-order chi connectivity index (χ1) is 9.84. The first-order valence-electron chi connectivity index (χ1n) is 7.35. The molecule has 5 heteroatoms. The van der Waals surface area contributed by atoms with Gasteiger partial charge in [0, 0.05) is 42.3 Å². The van der Waals surface area contributed by atoms with E-state index >= 15 is 0 Å². The molecule has 2 N–H and O–H groups in total. The zero-order chi connectivity index (χ0) is 15.6. The number of nitrogens with zero attached hydrogens (tertiary/aromatic N) is 1. The number of hydrogen-bond acceptors (Lipinski definition) is 4. The van der Waals surface area contributed by atoms with Crippen molar-refractivity contribution < 1.29 is 9.84 Å². The number of phenolic OH excluding ortho intramolecular Hbond substituents is 1. The van der Waals surface area contributed by atoms with Gasteiger partial charge in [-0.05, 0) is 17.5 Å². The van der Waals surface area contributed by atoms with Crippen molar-refractivity contribution in [3.05, 3.63) is 22.2 Å². The average Bonchev–Trinajstić information content (AvgIpc) is 2.42. The number of hydrogen-bond donors (Lipinski definition) is 2. The molecule has 0 aliphatic carbocycles. The van der Waals surface area contributed by atoms with Gasteiger partial charge in [0.1, 0.15) is 0 Å². The maximum atomic E-state index is 10.6. The SMILES string of the molecule is COc1cc(Br)cc([C@H](N2CCNCC2)C(C)(C)C)c1O. The largest absolute Gasteiger partial charge is 0.504 e. The monoisotopic (exact) mass is 356 g/mol. The van der Waals surface area contributed by atoms with Gasteiger partial charge in [0.25, 0.3) is 0 Å². The molecule has 0 unspecified atom stereocenters. The predicted octanol–water partition coefficient (Wildman–Crippen LogP) is 3.16. The fraction of sp³-hybridized carbons (Fsp3) is 0.625. The quantitative estimate of drug-likeness (QED) is 0.872.